The fraction of sp³-hybridized carbons (Fsp3) is 0.0370. The van der Waals surface area contributed by atoms with E-state index in [4.69, 9.17) is 4.74 Å². The second kappa shape index (κ2) is 9.30. The summed E-state index contributed by atoms with van der Waals surface area (Å²) in [7, 11) is 0. The summed E-state index contributed by atoms with van der Waals surface area (Å²) in [5.74, 6) is 0.128. The minimum absolute atomic E-state index is 0.232. The van der Waals surface area contributed by atoms with Crippen LogP contribution in [0.25, 0.3) is 16.8 Å². The van der Waals surface area contributed by atoms with Crippen molar-refractivity contribution in [1.82, 2.24) is 5.32 Å². The molecule has 0 spiro atoms. The van der Waals surface area contributed by atoms with Crippen molar-refractivity contribution in [2.24, 2.45) is 4.99 Å². The van der Waals surface area contributed by atoms with Gasteiger partial charge in [-0.05, 0) is 64.5 Å². The maximum atomic E-state index is 13.1. The summed E-state index contributed by atoms with van der Waals surface area (Å²) in [6, 6.07) is 27.8. The number of thioether (sulfide) groups is 1. The second-order valence-corrected chi connectivity index (χ2v) is 8.45. The second-order valence-electron chi connectivity index (χ2n) is 7.42. The number of hydrogen-bond acceptors (Lipinski definition) is 4. The predicted molar refractivity (Wildman–Crippen MR) is 132 cm³/mol. The lowest BCUT2D eigenvalue weighted by atomic mass is 10.1. The summed E-state index contributed by atoms with van der Waals surface area (Å²) in [6.45, 7) is 0.415. The number of carbonyl (C=O) groups excluding carboxylic acids is 1. The quantitative estimate of drug-likeness (QED) is 0.353. The number of benzene rings is 4. The third-order valence-corrected chi connectivity index (χ3v) is 6.09. The van der Waals surface area contributed by atoms with Crippen LogP contribution in [0.5, 0.6) is 5.75 Å². The molecule has 1 heterocycles. The number of halogens is 1. The Balaban J connectivity index is 1.36. The van der Waals surface area contributed by atoms with Crippen LogP contribution in [-0.2, 0) is 11.4 Å². The van der Waals surface area contributed by atoms with Crippen molar-refractivity contribution in [1.29, 1.82) is 0 Å². The van der Waals surface area contributed by atoms with Crippen LogP contribution in [-0.4, -0.2) is 11.1 Å². The predicted octanol–water partition coefficient (Wildman–Crippen LogP) is 6.45. The number of rotatable bonds is 5. The number of carbonyl (C=O) groups is 1. The van der Waals surface area contributed by atoms with Gasteiger partial charge in [-0.15, -0.1) is 0 Å². The number of hydrogen-bond donors (Lipinski definition) is 1. The lowest BCUT2D eigenvalue weighted by Gasteiger charge is -2.11. The van der Waals surface area contributed by atoms with Gasteiger partial charge in [0.15, 0.2) is 5.17 Å². The molecular formula is C27H19FN2O2S. The van der Waals surface area contributed by atoms with Gasteiger partial charge in [0.2, 0.25) is 0 Å². The SMILES string of the molecule is O=C1NC(=Nc2ccc(F)cc2)SC1=Cc1ccccc1OCc1cccc2ccccc12. The number of para-hydroxylation sites is 1. The van der Waals surface area contributed by atoms with E-state index in [0.29, 0.717) is 28.1 Å². The number of ether oxygens (including phenoxy) is 1. The molecule has 33 heavy (non-hydrogen) atoms. The van der Waals surface area contributed by atoms with E-state index in [1.807, 2.05) is 42.5 Å². The molecule has 0 aromatic heterocycles. The average molecular weight is 455 g/mol. The average Bonchev–Trinajstić information content (AvgIpc) is 3.18. The fourth-order valence-electron chi connectivity index (χ4n) is 3.56. The van der Waals surface area contributed by atoms with Crippen molar-refractivity contribution < 1.29 is 13.9 Å². The smallest absolute Gasteiger partial charge is 0.264 e. The van der Waals surface area contributed by atoms with Gasteiger partial charge in [0, 0.05) is 5.56 Å². The van der Waals surface area contributed by atoms with Crippen LogP contribution < -0.4 is 10.1 Å². The zero-order valence-electron chi connectivity index (χ0n) is 17.5. The topological polar surface area (TPSA) is 50.7 Å². The van der Waals surface area contributed by atoms with Gasteiger partial charge in [0.1, 0.15) is 18.2 Å². The van der Waals surface area contributed by atoms with E-state index < -0.39 is 0 Å². The number of amides is 1. The maximum Gasteiger partial charge on any atom is 0.264 e. The van der Waals surface area contributed by atoms with Gasteiger partial charge < -0.3 is 10.1 Å². The normalized spacial score (nSPS) is 15.8. The molecule has 5 rings (SSSR count). The Morgan fingerprint density at radius 2 is 1.67 bits per heavy atom. The third-order valence-electron chi connectivity index (χ3n) is 5.18. The fourth-order valence-corrected chi connectivity index (χ4v) is 4.39. The van der Waals surface area contributed by atoms with E-state index in [0.717, 1.165) is 16.5 Å². The highest BCUT2D eigenvalue weighted by Gasteiger charge is 2.24. The Morgan fingerprint density at radius 3 is 2.55 bits per heavy atom. The van der Waals surface area contributed by atoms with E-state index in [2.05, 4.69) is 34.6 Å². The Kier molecular flexibility index (Phi) is 5.91. The zero-order valence-corrected chi connectivity index (χ0v) is 18.3. The van der Waals surface area contributed by atoms with Crippen molar-refractivity contribution in [3.8, 4) is 5.75 Å². The molecule has 0 saturated carbocycles. The van der Waals surface area contributed by atoms with Gasteiger partial charge in [-0.2, -0.15) is 0 Å². The Labute approximate surface area is 194 Å². The van der Waals surface area contributed by atoms with Crippen molar-refractivity contribution in [2.45, 2.75) is 6.61 Å². The van der Waals surface area contributed by atoms with Crippen LogP contribution >= 0.6 is 11.8 Å². The summed E-state index contributed by atoms with van der Waals surface area (Å²) in [4.78, 5) is 17.4. The van der Waals surface area contributed by atoms with Crippen molar-refractivity contribution in [3.05, 3.63) is 113 Å². The van der Waals surface area contributed by atoms with E-state index in [9.17, 15) is 9.18 Å². The van der Waals surface area contributed by atoms with Crippen LogP contribution in [0.3, 0.4) is 0 Å². The number of amidine groups is 1. The minimum atomic E-state index is -0.331. The molecule has 1 amide bonds. The monoisotopic (exact) mass is 454 g/mol. The standard InChI is InChI=1S/C27H19FN2O2S/c28-21-12-14-22(15-13-21)29-27-30-26(31)25(33-27)16-19-7-2-4-11-24(19)32-17-20-9-5-8-18-6-1-3-10-23(18)20/h1-16H,17H2,(H,29,30,31). The highest BCUT2D eigenvalue weighted by molar-refractivity contribution is 8.18. The molecule has 0 unspecified atom stereocenters. The summed E-state index contributed by atoms with van der Waals surface area (Å²) in [5, 5.41) is 5.53. The van der Waals surface area contributed by atoms with Gasteiger partial charge >= 0.3 is 0 Å². The molecule has 1 fully saturated rings. The van der Waals surface area contributed by atoms with Crippen LogP contribution in [0.2, 0.25) is 0 Å². The molecule has 0 radical (unpaired) electrons. The molecule has 1 aliphatic heterocycles. The van der Waals surface area contributed by atoms with Crippen LogP contribution in [0.4, 0.5) is 10.1 Å². The summed E-state index contributed by atoms with van der Waals surface area (Å²) in [6.07, 6.45) is 1.80. The van der Waals surface area contributed by atoms with E-state index in [1.165, 1.54) is 29.3 Å². The lowest BCUT2D eigenvalue weighted by molar-refractivity contribution is -0.115. The number of fused-ring (bicyclic) bond motifs is 1. The summed E-state index contributed by atoms with van der Waals surface area (Å²) >= 11 is 1.24. The molecule has 4 aromatic carbocycles. The molecule has 4 nitrogen and oxygen atoms in total. The molecule has 6 heteroatoms. The van der Waals surface area contributed by atoms with Crippen LogP contribution in [0, 0.1) is 5.82 Å². The van der Waals surface area contributed by atoms with Crippen LogP contribution in [0.1, 0.15) is 11.1 Å². The number of nitrogens with one attached hydrogen (secondary N) is 1. The molecule has 0 bridgehead atoms. The maximum absolute atomic E-state index is 13.1. The first-order chi connectivity index (χ1) is 16.2. The van der Waals surface area contributed by atoms with E-state index in [-0.39, 0.29) is 11.7 Å². The van der Waals surface area contributed by atoms with Gasteiger partial charge in [0.25, 0.3) is 5.91 Å². The molecule has 1 N–H and O–H groups in total. The Morgan fingerprint density at radius 1 is 0.909 bits per heavy atom. The first-order valence-corrected chi connectivity index (χ1v) is 11.2. The molecule has 4 aromatic rings. The molecule has 0 aliphatic carbocycles. The minimum Gasteiger partial charge on any atom is -0.488 e. The van der Waals surface area contributed by atoms with Gasteiger partial charge in [-0.1, -0.05) is 60.7 Å². The van der Waals surface area contributed by atoms with E-state index in [1.54, 1.807) is 18.2 Å². The van der Waals surface area contributed by atoms with E-state index >= 15 is 0 Å². The van der Waals surface area contributed by atoms with Gasteiger partial charge in [-0.3, -0.25) is 4.79 Å². The molecule has 1 aliphatic rings. The first kappa shape index (κ1) is 21.0. The summed E-state index contributed by atoms with van der Waals surface area (Å²) in [5.41, 5.74) is 2.47. The molecular weight excluding hydrogens is 435 g/mol. The number of nitrogens with zero attached hydrogens (tertiary/aromatic N) is 1. The van der Waals surface area contributed by atoms with Gasteiger partial charge in [0.05, 0.1) is 10.6 Å². The van der Waals surface area contributed by atoms with Gasteiger partial charge in [-0.25, -0.2) is 9.38 Å². The first-order valence-electron chi connectivity index (χ1n) is 10.4. The third kappa shape index (κ3) is 4.81. The van der Waals surface area contributed by atoms with Crippen LogP contribution in [0.15, 0.2) is 101 Å². The van der Waals surface area contributed by atoms with Crippen molar-refractivity contribution in [2.75, 3.05) is 0 Å². The molecule has 0 atom stereocenters. The van der Waals surface area contributed by atoms with Crippen molar-refractivity contribution >= 4 is 45.4 Å². The van der Waals surface area contributed by atoms with Crippen molar-refractivity contribution in [3.63, 3.8) is 0 Å². The Bertz CT molecular complexity index is 1390. The molecule has 162 valence electrons. The highest BCUT2D eigenvalue weighted by Crippen LogP contribution is 2.31. The Hall–Kier alpha value is -3.90. The summed E-state index contributed by atoms with van der Waals surface area (Å²) < 4.78 is 19.3. The molecule has 1 saturated heterocycles. The highest BCUT2D eigenvalue weighted by atomic mass is 32.2. The zero-order chi connectivity index (χ0) is 22.6. The number of aliphatic imine (C=N–C) groups is 1. The lowest BCUT2D eigenvalue weighted by Crippen LogP contribution is -2.19. The largest absolute Gasteiger partial charge is 0.488 e.